The molecule has 0 fully saturated rings. The van der Waals surface area contributed by atoms with Crippen LogP contribution in [0.25, 0.3) is 0 Å². The fourth-order valence-electron chi connectivity index (χ4n) is 3.05. The third kappa shape index (κ3) is 3.96. The number of hydrogen-bond donors (Lipinski definition) is 3. The maximum atomic E-state index is 12.6. The van der Waals surface area contributed by atoms with Crippen molar-refractivity contribution in [2.75, 3.05) is 13.1 Å². The predicted molar refractivity (Wildman–Crippen MR) is 92.2 cm³/mol. The van der Waals surface area contributed by atoms with Crippen LogP contribution in [-0.4, -0.2) is 43.9 Å². The largest absolute Gasteiger partial charge is 0.505 e. The van der Waals surface area contributed by atoms with Crippen molar-refractivity contribution in [1.29, 1.82) is 0 Å². The van der Waals surface area contributed by atoms with Crippen LogP contribution in [0.15, 0.2) is 18.3 Å². The zero-order valence-corrected chi connectivity index (χ0v) is 14.6. The van der Waals surface area contributed by atoms with Crippen molar-refractivity contribution in [1.82, 2.24) is 30.4 Å². The first kappa shape index (κ1) is 17.3. The van der Waals surface area contributed by atoms with Crippen LogP contribution in [0, 0.1) is 5.92 Å². The summed E-state index contributed by atoms with van der Waals surface area (Å²) in [4.78, 5) is 16.6. The van der Waals surface area contributed by atoms with Crippen LogP contribution in [0.2, 0.25) is 0 Å². The van der Waals surface area contributed by atoms with Crippen LogP contribution in [0.5, 0.6) is 5.75 Å². The number of amides is 1. The highest BCUT2D eigenvalue weighted by atomic mass is 16.3. The van der Waals surface area contributed by atoms with Crippen LogP contribution in [-0.2, 0) is 13.0 Å². The van der Waals surface area contributed by atoms with Gasteiger partial charge in [-0.1, -0.05) is 13.8 Å². The fourth-order valence-corrected chi connectivity index (χ4v) is 3.05. The molecule has 3 rings (SSSR count). The number of rotatable bonds is 5. The Balaban J connectivity index is 1.87. The van der Waals surface area contributed by atoms with E-state index in [9.17, 15) is 9.90 Å². The van der Waals surface area contributed by atoms with Crippen molar-refractivity contribution in [3.05, 3.63) is 35.7 Å². The van der Waals surface area contributed by atoms with E-state index in [4.69, 9.17) is 0 Å². The fraction of sp³-hybridized carbons (Fsp3) is 0.529. The van der Waals surface area contributed by atoms with Gasteiger partial charge >= 0.3 is 0 Å². The van der Waals surface area contributed by atoms with Gasteiger partial charge in [-0.2, -0.15) is 0 Å². The molecule has 1 unspecified atom stereocenters. The smallest absolute Gasteiger partial charge is 0.274 e. The molecular weight excluding hydrogens is 320 g/mol. The lowest BCUT2D eigenvalue weighted by Crippen LogP contribution is -2.32. The molecular formula is C17H24N6O2. The normalized spacial score (nSPS) is 15.5. The highest BCUT2D eigenvalue weighted by molar-refractivity contribution is 5.94. The van der Waals surface area contributed by atoms with Gasteiger partial charge in [0.2, 0.25) is 0 Å². The molecule has 2 aromatic heterocycles. The number of aromatic nitrogens is 4. The summed E-state index contributed by atoms with van der Waals surface area (Å²) in [5.74, 6) is 1.51. The van der Waals surface area contributed by atoms with Gasteiger partial charge in [-0.3, -0.25) is 4.79 Å². The lowest BCUT2D eigenvalue weighted by atomic mass is 10.0. The van der Waals surface area contributed by atoms with Gasteiger partial charge in [-0.05, 0) is 24.5 Å². The van der Waals surface area contributed by atoms with Crippen LogP contribution >= 0.6 is 0 Å². The molecule has 134 valence electrons. The first-order valence-corrected chi connectivity index (χ1v) is 8.63. The van der Waals surface area contributed by atoms with Crippen LogP contribution in [0.4, 0.5) is 0 Å². The number of hydrogen-bond acceptors (Lipinski definition) is 6. The van der Waals surface area contributed by atoms with Gasteiger partial charge in [-0.15, -0.1) is 10.2 Å². The Bertz CT molecular complexity index is 742. The second-order valence-corrected chi connectivity index (χ2v) is 6.65. The molecule has 1 atom stereocenters. The molecule has 2 aromatic rings. The molecule has 3 heterocycles. The number of carbonyl (C=O) groups is 1. The van der Waals surface area contributed by atoms with Gasteiger partial charge in [0.1, 0.15) is 11.6 Å². The van der Waals surface area contributed by atoms with Crippen molar-refractivity contribution >= 4 is 5.91 Å². The molecule has 0 spiro atoms. The van der Waals surface area contributed by atoms with Crippen LogP contribution in [0.3, 0.4) is 0 Å². The first-order valence-electron chi connectivity index (χ1n) is 8.63. The van der Waals surface area contributed by atoms with Crippen molar-refractivity contribution in [3.8, 4) is 5.75 Å². The average molecular weight is 344 g/mol. The standard InChI is InChI=1S/C17H24N6O2/c1-11(2)10-12(20-17(25)15-13(24)4-3-6-19-15)16-22-21-14-5-7-18-8-9-23(14)16/h3-4,6,11-12,18,24H,5,7-10H2,1-2H3,(H,20,25). The Labute approximate surface area is 146 Å². The molecule has 0 aromatic carbocycles. The summed E-state index contributed by atoms with van der Waals surface area (Å²) in [6, 6.07) is 2.75. The third-order valence-corrected chi connectivity index (χ3v) is 4.22. The van der Waals surface area contributed by atoms with Crippen LogP contribution < -0.4 is 10.6 Å². The molecule has 0 radical (unpaired) electrons. The van der Waals surface area contributed by atoms with Crippen molar-refractivity contribution in [3.63, 3.8) is 0 Å². The van der Waals surface area contributed by atoms with E-state index >= 15 is 0 Å². The predicted octanol–water partition coefficient (Wildman–Crippen LogP) is 1.04. The first-order chi connectivity index (χ1) is 12.1. The highest BCUT2D eigenvalue weighted by Gasteiger charge is 2.26. The Morgan fingerprint density at radius 3 is 3.00 bits per heavy atom. The minimum absolute atomic E-state index is 0.0218. The van der Waals surface area contributed by atoms with Gasteiger partial charge < -0.3 is 20.3 Å². The number of fused-ring (bicyclic) bond motifs is 1. The van der Waals surface area contributed by atoms with E-state index in [1.165, 1.54) is 12.3 Å². The van der Waals surface area contributed by atoms with Gasteiger partial charge in [-0.25, -0.2) is 4.98 Å². The quantitative estimate of drug-likeness (QED) is 0.748. The van der Waals surface area contributed by atoms with Crippen molar-refractivity contribution in [2.45, 2.75) is 39.3 Å². The number of nitrogens with one attached hydrogen (secondary N) is 2. The van der Waals surface area contributed by atoms with E-state index in [1.807, 2.05) is 0 Å². The molecule has 0 bridgehead atoms. The van der Waals surface area contributed by atoms with Gasteiger partial charge in [0.25, 0.3) is 5.91 Å². The summed E-state index contributed by atoms with van der Waals surface area (Å²) < 4.78 is 2.09. The Morgan fingerprint density at radius 2 is 2.24 bits per heavy atom. The number of aromatic hydroxyl groups is 1. The van der Waals surface area contributed by atoms with E-state index in [2.05, 4.69) is 44.2 Å². The highest BCUT2D eigenvalue weighted by Crippen LogP contribution is 2.23. The zero-order chi connectivity index (χ0) is 17.8. The summed E-state index contributed by atoms with van der Waals surface area (Å²) in [5, 5.41) is 24.8. The van der Waals surface area contributed by atoms with Gasteiger partial charge in [0.15, 0.2) is 11.5 Å². The summed E-state index contributed by atoms with van der Waals surface area (Å²) >= 11 is 0. The molecule has 1 aliphatic rings. The summed E-state index contributed by atoms with van der Waals surface area (Å²) in [6.45, 7) is 6.69. The number of nitrogens with zero attached hydrogens (tertiary/aromatic N) is 4. The van der Waals surface area contributed by atoms with Crippen LogP contribution in [0.1, 0.15) is 48.4 Å². The lowest BCUT2D eigenvalue weighted by Gasteiger charge is -2.21. The summed E-state index contributed by atoms with van der Waals surface area (Å²) in [5.41, 5.74) is 0.0218. The van der Waals surface area contributed by atoms with E-state index < -0.39 is 5.91 Å². The van der Waals surface area contributed by atoms with E-state index in [0.29, 0.717) is 5.92 Å². The number of pyridine rings is 1. The topological polar surface area (TPSA) is 105 Å². The third-order valence-electron chi connectivity index (χ3n) is 4.22. The van der Waals surface area contributed by atoms with E-state index in [0.717, 1.165) is 44.1 Å². The van der Waals surface area contributed by atoms with Gasteiger partial charge in [0, 0.05) is 32.3 Å². The zero-order valence-electron chi connectivity index (χ0n) is 14.6. The summed E-state index contributed by atoms with van der Waals surface area (Å²) in [6.07, 6.45) is 3.03. The minimum Gasteiger partial charge on any atom is -0.505 e. The lowest BCUT2D eigenvalue weighted by molar-refractivity contribution is 0.0921. The van der Waals surface area contributed by atoms with Crippen molar-refractivity contribution < 1.29 is 9.90 Å². The van der Waals surface area contributed by atoms with E-state index in [1.54, 1.807) is 6.07 Å². The molecule has 8 heteroatoms. The maximum absolute atomic E-state index is 12.6. The Hall–Kier alpha value is -2.48. The minimum atomic E-state index is -0.409. The number of carbonyl (C=O) groups excluding carboxylic acids is 1. The molecule has 8 nitrogen and oxygen atoms in total. The maximum Gasteiger partial charge on any atom is 0.274 e. The Kier molecular flexibility index (Phi) is 5.28. The molecule has 1 amide bonds. The molecule has 0 aliphatic carbocycles. The molecule has 0 saturated carbocycles. The molecule has 25 heavy (non-hydrogen) atoms. The monoisotopic (exact) mass is 344 g/mol. The van der Waals surface area contributed by atoms with Gasteiger partial charge in [0.05, 0.1) is 6.04 Å². The summed E-state index contributed by atoms with van der Waals surface area (Å²) in [7, 11) is 0. The average Bonchev–Trinajstić information content (AvgIpc) is 2.82. The van der Waals surface area contributed by atoms with Crippen molar-refractivity contribution in [2.24, 2.45) is 5.92 Å². The molecule has 1 aliphatic heterocycles. The molecule has 0 saturated heterocycles. The second kappa shape index (κ2) is 7.60. The second-order valence-electron chi connectivity index (χ2n) is 6.65. The molecule has 3 N–H and O–H groups in total. The Morgan fingerprint density at radius 1 is 1.40 bits per heavy atom. The SMILES string of the molecule is CC(C)CC(NC(=O)c1ncccc1O)c1nnc2n1CCNCC2. The van der Waals surface area contributed by atoms with E-state index in [-0.39, 0.29) is 17.5 Å².